The van der Waals surface area contributed by atoms with Crippen LogP contribution in [0.4, 0.5) is 4.79 Å². The fraction of sp³-hybridized carbons (Fsp3) is 0.381. The number of fused-ring (bicyclic) bond motifs is 1. The number of hydrogen-bond acceptors (Lipinski definition) is 4. The zero-order valence-corrected chi connectivity index (χ0v) is 16.1. The van der Waals surface area contributed by atoms with E-state index in [1.165, 1.54) is 5.56 Å². The lowest BCUT2D eigenvalue weighted by atomic mass is 9.99. The van der Waals surface area contributed by atoms with Crippen LogP contribution < -0.4 is 19.5 Å². The fourth-order valence-corrected chi connectivity index (χ4v) is 3.29. The van der Waals surface area contributed by atoms with Crippen molar-refractivity contribution in [2.45, 2.75) is 26.4 Å². The Labute approximate surface area is 160 Å². The van der Waals surface area contributed by atoms with Gasteiger partial charge in [0.25, 0.3) is 0 Å². The lowest BCUT2D eigenvalue weighted by Crippen LogP contribution is -2.42. The Morgan fingerprint density at radius 1 is 1.07 bits per heavy atom. The van der Waals surface area contributed by atoms with Gasteiger partial charge in [-0.05, 0) is 42.7 Å². The van der Waals surface area contributed by atoms with E-state index in [9.17, 15) is 4.79 Å². The molecule has 1 aliphatic heterocycles. The first-order chi connectivity index (χ1) is 13.2. The van der Waals surface area contributed by atoms with Crippen LogP contribution in [0.15, 0.2) is 36.4 Å². The fourth-order valence-electron chi connectivity index (χ4n) is 3.29. The Hall–Kier alpha value is -2.89. The molecule has 3 rings (SSSR count). The number of carbonyl (C=O) groups excluding carboxylic acids is 1. The molecular formula is C21H26N2O4. The van der Waals surface area contributed by atoms with Crippen molar-refractivity contribution in [1.82, 2.24) is 10.2 Å². The van der Waals surface area contributed by atoms with Gasteiger partial charge in [-0.1, -0.05) is 18.2 Å². The van der Waals surface area contributed by atoms with E-state index in [1.54, 1.807) is 14.2 Å². The minimum atomic E-state index is -0.0817. The number of hydrogen-bond donors (Lipinski definition) is 1. The molecular weight excluding hydrogens is 344 g/mol. The van der Waals surface area contributed by atoms with Crippen LogP contribution in [0.1, 0.15) is 23.6 Å². The van der Waals surface area contributed by atoms with Crippen LogP contribution in [0.3, 0.4) is 0 Å². The van der Waals surface area contributed by atoms with Crippen molar-refractivity contribution in [2.75, 3.05) is 27.4 Å². The molecule has 0 saturated heterocycles. The Morgan fingerprint density at radius 3 is 2.48 bits per heavy atom. The van der Waals surface area contributed by atoms with Crippen molar-refractivity contribution in [3.63, 3.8) is 0 Å². The van der Waals surface area contributed by atoms with Gasteiger partial charge in [0.15, 0.2) is 11.5 Å². The lowest BCUT2D eigenvalue weighted by Gasteiger charge is -2.29. The molecule has 0 spiro atoms. The molecule has 0 radical (unpaired) electrons. The molecule has 0 saturated carbocycles. The molecule has 1 heterocycles. The Balaban J connectivity index is 1.66. The van der Waals surface area contributed by atoms with E-state index in [1.807, 2.05) is 48.2 Å². The van der Waals surface area contributed by atoms with Crippen molar-refractivity contribution in [3.8, 4) is 17.2 Å². The van der Waals surface area contributed by atoms with Crippen LogP contribution in [-0.4, -0.2) is 38.3 Å². The molecule has 1 N–H and O–H groups in total. The molecule has 6 nitrogen and oxygen atoms in total. The quantitative estimate of drug-likeness (QED) is 0.847. The van der Waals surface area contributed by atoms with E-state index in [0.717, 1.165) is 29.0 Å². The summed E-state index contributed by atoms with van der Waals surface area (Å²) in [6.07, 6.45) is 0.790. The number of nitrogens with one attached hydrogen (secondary N) is 1. The molecule has 144 valence electrons. The monoisotopic (exact) mass is 370 g/mol. The Bertz CT molecular complexity index is 807. The second-order valence-electron chi connectivity index (χ2n) is 6.35. The first kappa shape index (κ1) is 18.9. The molecule has 27 heavy (non-hydrogen) atoms. The van der Waals surface area contributed by atoms with E-state index in [-0.39, 0.29) is 6.03 Å². The predicted molar refractivity (Wildman–Crippen MR) is 104 cm³/mol. The van der Waals surface area contributed by atoms with Gasteiger partial charge in [-0.25, -0.2) is 4.79 Å². The van der Waals surface area contributed by atoms with Crippen LogP contribution >= 0.6 is 0 Å². The summed E-state index contributed by atoms with van der Waals surface area (Å²) in [5, 5.41) is 3.00. The molecule has 2 amide bonds. The highest BCUT2D eigenvalue weighted by atomic mass is 16.5. The van der Waals surface area contributed by atoms with Crippen LogP contribution in [0.5, 0.6) is 17.2 Å². The number of methoxy groups -OCH3 is 2. The van der Waals surface area contributed by atoms with Crippen LogP contribution in [-0.2, 0) is 19.5 Å². The summed E-state index contributed by atoms with van der Waals surface area (Å²) in [7, 11) is 3.25. The van der Waals surface area contributed by atoms with Crippen molar-refractivity contribution in [3.05, 3.63) is 53.1 Å². The van der Waals surface area contributed by atoms with Gasteiger partial charge in [0.1, 0.15) is 5.75 Å². The summed E-state index contributed by atoms with van der Waals surface area (Å²) >= 11 is 0. The second-order valence-corrected chi connectivity index (χ2v) is 6.35. The largest absolute Gasteiger partial charge is 0.494 e. The van der Waals surface area contributed by atoms with E-state index in [2.05, 4.69) is 5.32 Å². The van der Waals surface area contributed by atoms with Gasteiger partial charge in [-0.15, -0.1) is 0 Å². The van der Waals surface area contributed by atoms with Gasteiger partial charge in [-0.2, -0.15) is 0 Å². The van der Waals surface area contributed by atoms with Gasteiger partial charge in [0.2, 0.25) is 0 Å². The minimum Gasteiger partial charge on any atom is -0.494 e. The average Bonchev–Trinajstić information content (AvgIpc) is 2.71. The van der Waals surface area contributed by atoms with Crippen molar-refractivity contribution >= 4 is 6.03 Å². The average molecular weight is 370 g/mol. The molecule has 2 aromatic carbocycles. The van der Waals surface area contributed by atoms with Crippen LogP contribution in [0, 0.1) is 0 Å². The van der Waals surface area contributed by atoms with Crippen LogP contribution in [0.2, 0.25) is 0 Å². The highest BCUT2D eigenvalue weighted by Crippen LogP contribution is 2.33. The number of urea groups is 1. The highest BCUT2D eigenvalue weighted by molar-refractivity contribution is 5.74. The van der Waals surface area contributed by atoms with Crippen molar-refractivity contribution in [1.29, 1.82) is 0 Å². The predicted octanol–water partition coefficient (Wildman–Crippen LogP) is 3.37. The molecule has 6 heteroatoms. The van der Waals surface area contributed by atoms with Crippen LogP contribution in [0.25, 0.3) is 0 Å². The van der Waals surface area contributed by atoms with E-state index < -0.39 is 0 Å². The standard InChI is InChI=1S/C21H26N2O4/c1-4-27-18-8-6-5-7-16(18)13-22-21(24)23-10-9-15-11-19(25-2)20(26-3)12-17(15)14-23/h5-8,11-12H,4,9-10,13-14H2,1-3H3,(H,22,24). The third kappa shape index (κ3) is 4.27. The minimum absolute atomic E-state index is 0.0817. The molecule has 1 aliphatic rings. The van der Waals surface area contributed by atoms with Gasteiger partial charge in [0, 0.05) is 25.2 Å². The molecule has 0 aliphatic carbocycles. The third-order valence-electron chi connectivity index (χ3n) is 4.71. The molecule has 0 bridgehead atoms. The lowest BCUT2D eigenvalue weighted by molar-refractivity contribution is 0.191. The first-order valence-electron chi connectivity index (χ1n) is 9.13. The normalized spacial score (nSPS) is 12.9. The zero-order chi connectivity index (χ0) is 19.2. The smallest absolute Gasteiger partial charge is 0.317 e. The van der Waals surface area contributed by atoms with Gasteiger partial charge < -0.3 is 24.4 Å². The topological polar surface area (TPSA) is 60.0 Å². The highest BCUT2D eigenvalue weighted by Gasteiger charge is 2.22. The number of carbonyl (C=O) groups is 1. The van der Waals surface area contributed by atoms with E-state index in [4.69, 9.17) is 14.2 Å². The summed E-state index contributed by atoms with van der Waals surface area (Å²) in [4.78, 5) is 14.5. The number of rotatable bonds is 6. The van der Waals surface area contributed by atoms with Crippen molar-refractivity contribution in [2.24, 2.45) is 0 Å². The number of para-hydroxylation sites is 1. The third-order valence-corrected chi connectivity index (χ3v) is 4.71. The van der Waals surface area contributed by atoms with E-state index in [0.29, 0.717) is 32.0 Å². The molecule has 0 unspecified atom stereocenters. The molecule has 2 aromatic rings. The second kappa shape index (κ2) is 8.66. The summed E-state index contributed by atoms with van der Waals surface area (Å²) in [5.41, 5.74) is 3.25. The van der Waals surface area contributed by atoms with Gasteiger partial charge >= 0.3 is 6.03 Å². The summed E-state index contributed by atoms with van der Waals surface area (Å²) < 4.78 is 16.4. The summed E-state index contributed by atoms with van der Waals surface area (Å²) in [6.45, 7) is 4.20. The van der Waals surface area contributed by atoms with E-state index >= 15 is 0 Å². The number of ether oxygens (including phenoxy) is 3. The zero-order valence-electron chi connectivity index (χ0n) is 16.1. The maximum Gasteiger partial charge on any atom is 0.317 e. The molecule has 0 atom stereocenters. The number of benzene rings is 2. The summed E-state index contributed by atoms with van der Waals surface area (Å²) in [6, 6.07) is 11.6. The maximum atomic E-state index is 12.6. The van der Waals surface area contributed by atoms with Gasteiger partial charge in [-0.3, -0.25) is 0 Å². The van der Waals surface area contributed by atoms with Gasteiger partial charge in [0.05, 0.1) is 20.8 Å². The molecule has 0 aromatic heterocycles. The maximum absolute atomic E-state index is 12.6. The number of nitrogens with zero attached hydrogens (tertiary/aromatic N) is 1. The Morgan fingerprint density at radius 2 is 1.78 bits per heavy atom. The number of amides is 2. The molecule has 0 fully saturated rings. The first-order valence-corrected chi connectivity index (χ1v) is 9.13. The van der Waals surface area contributed by atoms with Crippen molar-refractivity contribution < 1.29 is 19.0 Å². The summed E-state index contributed by atoms with van der Waals surface area (Å²) in [5.74, 6) is 2.21. The Kier molecular flexibility index (Phi) is 6.06. The SMILES string of the molecule is CCOc1ccccc1CNC(=O)N1CCc2cc(OC)c(OC)cc2C1.